The van der Waals surface area contributed by atoms with Crippen molar-refractivity contribution in [1.82, 2.24) is 4.98 Å². The van der Waals surface area contributed by atoms with Gasteiger partial charge in [0.1, 0.15) is 0 Å². The lowest BCUT2D eigenvalue weighted by Gasteiger charge is -2.16. The fraction of sp³-hybridized carbons (Fsp3) is 0.154. The van der Waals surface area contributed by atoms with Crippen LogP contribution in [0.5, 0.6) is 5.75 Å². The molecule has 0 aliphatic heterocycles. The number of phenolic OH excluding ortho intramolecular Hbond substituents is 1. The Labute approximate surface area is 207 Å². The molecule has 1 aliphatic carbocycles. The molecule has 4 aromatic rings. The Kier molecular flexibility index (Phi) is 6.75. The van der Waals surface area contributed by atoms with Gasteiger partial charge in [-0.05, 0) is 65.9 Å². The van der Waals surface area contributed by atoms with E-state index in [0.29, 0.717) is 34.4 Å². The molecule has 0 bridgehead atoms. The second kappa shape index (κ2) is 9.58. The van der Waals surface area contributed by atoms with Crippen molar-refractivity contribution in [3.8, 4) is 16.9 Å². The van der Waals surface area contributed by atoms with Crippen LogP contribution in [0.25, 0.3) is 22.0 Å². The first-order chi connectivity index (χ1) is 15.9. The van der Waals surface area contributed by atoms with Crippen LogP contribution >= 0.6 is 24.0 Å². The second-order valence-corrected chi connectivity index (χ2v) is 8.64. The van der Waals surface area contributed by atoms with E-state index in [2.05, 4.69) is 10.3 Å². The molecular formula is C26H22Cl2FN3O2. The van der Waals surface area contributed by atoms with Gasteiger partial charge in [-0.15, -0.1) is 12.4 Å². The summed E-state index contributed by atoms with van der Waals surface area (Å²) < 4.78 is 14.1. The lowest BCUT2D eigenvalue weighted by molar-refractivity contribution is 0.0968. The molecule has 174 valence electrons. The summed E-state index contributed by atoms with van der Waals surface area (Å²) >= 11 is 5.99. The number of hydrogen-bond acceptors (Lipinski definition) is 5. The number of hydrogen-bond donors (Lipinski definition) is 3. The van der Waals surface area contributed by atoms with Crippen molar-refractivity contribution in [1.29, 1.82) is 0 Å². The molecule has 0 atom stereocenters. The van der Waals surface area contributed by atoms with Crippen LogP contribution in [0.15, 0.2) is 60.8 Å². The summed E-state index contributed by atoms with van der Waals surface area (Å²) in [4.78, 5) is 17.6. The Morgan fingerprint density at radius 1 is 1.12 bits per heavy atom. The van der Waals surface area contributed by atoms with Gasteiger partial charge in [0.25, 0.3) is 0 Å². The molecule has 1 heterocycles. The van der Waals surface area contributed by atoms with E-state index in [4.69, 9.17) is 17.3 Å². The first-order valence-electron chi connectivity index (χ1n) is 10.7. The number of carbonyl (C=O) groups is 1. The van der Waals surface area contributed by atoms with Crippen LogP contribution in [0, 0.1) is 11.7 Å². The van der Waals surface area contributed by atoms with Gasteiger partial charge < -0.3 is 16.2 Å². The number of anilines is 2. The predicted octanol–water partition coefficient (Wildman–Crippen LogP) is 6.62. The molecule has 5 nitrogen and oxygen atoms in total. The number of rotatable bonds is 6. The molecule has 1 aromatic heterocycles. The molecule has 34 heavy (non-hydrogen) atoms. The highest BCUT2D eigenvalue weighted by Gasteiger charge is 2.32. The lowest BCUT2D eigenvalue weighted by atomic mass is 9.98. The number of aromatic hydroxyl groups is 1. The van der Waals surface area contributed by atoms with E-state index >= 15 is 0 Å². The lowest BCUT2D eigenvalue weighted by Crippen LogP contribution is -2.07. The second-order valence-electron chi connectivity index (χ2n) is 8.23. The quantitative estimate of drug-likeness (QED) is 0.260. The standard InChI is InChI=1S/C26H21ClFN3O2.ClH/c27-21-10-17(11-22(28)26(21)33)16-5-8-23-19(9-16)24(20(13-30-23)25(32)15-3-4-15)31-18-6-1-14(12-29)2-7-18;/h1-2,5-11,13,15,33H,3-4,12,29H2,(H,30,31);1H. The first-order valence-corrected chi connectivity index (χ1v) is 11.0. The first kappa shape index (κ1) is 24.0. The number of pyridine rings is 1. The zero-order chi connectivity index (χ0) is 23.1. The van der Waals surface area contributed by atoms with Gasteiger partial charge in [-0.2, -0.15) is 0 Å². The monoisotopic (exact) mass is 497 g/mol. The third-order valence-electron chi connectivity index (χ3n) is 5.89. The van der Waals surface area contributed by atoms with Crippen LogP contribution in [-0.4, -0.2) is 15.9 Å². The van der Waals surface area contributed by atoms with Crippen molar-refractivity contribution in [3.63, 3.8) is 0 Å². The number of aromatic nitrogens is 1. The largest absolute Gasteiger partial charge is 0.504 e. The average Bonchev–Trinajstić information content (AvgIpc) is 3.68. The number of fused-ring (bicyclic) bond motifs is 1. The van der Waals surface area contributed by atoms with Gasteiger partial charge in [0.15, 0.2) is 17.3 Å². The van der Waals surface area contributed by atoms with Gasteiger partial charge in [0.2, 0.25) is 0 Å². The molecule has 3 aromatic carbocycles. The van der Waals surface area contributed by atoms with E-state index < -0.39 is 11.6 Å². The fourth-order valence-electron chi connectivity index (χ4n) is 3.86. The molecule has 1 saturated carbocycles. The number of halogens is 3. The van der Waals surface area contributed by atoms with Crippen LogP contribution in [0.1, 0.15) is 28.8 Å². The summed E-state index contributed by atoms with van der Waals surface area (Å²) in [5.74, 6) is -1.29. The maximum absolute atomic E-state index is 14.1. The molecule has 0 radical (unpaired) electrons. The third-order valence-corrected chi connectivity index (χ3v) is 6.18. The molecular weight excluding hydrogens is 476 g/mol. The molecule has 0 amide bonds. The molecule has 8 heteroatoms. The maximum Gasteiger partial charge on any atom is 0.170 e. The molecule has 5 rings (SSSR count). The third kappa shape index (κ3) is 4.57. The van der Waals surface area contributed by atoms with Crippen LogP contribution in [0.2, 0.25) is 5.02 Å². The Bertz CT molecular complexity index is 1370. The molecule has 0 spiro atoms. The predicted molar refractivity (Wildman–Crippen MR) is 136 cm³/mol. The Morgan fingerprint density at radius 3 is 2.50 bits per heavy atom. The minimum absolute atomic E-state index is 0. The summed E-state index contributed by atoms with van der Waals surface area (Å²) in [5, 5.41) is 13.7. The highest BCUT2D eigenvalue weighted by atomic mass is 35.5. The number of carbonyl (C=O) groups excluding carboxylic acids is 1. The number of benzene rings is 3. The van der Waals surface area contributed by atoms with Gasteiger partial charge >= 0.3 is 0 Å². The number of ketones is 1. The van der Waals surface area contributed by atoms with Crippen molar-refractivity contribution in [2.45, 2.75) is 19.4 Å². The van der Waals surface area contributed by atoms with E-state index in [9.17, 15) is 14.3 Å². The molecule has 0 unspecified atom stereocenters. The number of Topliss-reactive ketones (excluding diaryl/α,β-unsaturated/α-hetero) is 1. The van der Waals surface area contributed by atoms with Crippen LogP contribution in [0.3, 0.4) is 0 Å². The van der Waals surface area contributed by atoms with Crippen molar-refractivity contribution >= 4 is 52.1 Å². The zero-order valence-electron chi connectivity index (χ0n) is 18.0. The van der Waals surface area contributed by atoms with Gasteiger partial charge in [-0.25, -0.2) is 4.39 Å². The van der Waals surface area contributed by atoms with E-state index in [-0.39, 0.29) is 29.1 Å². The fourth-order valence-corrected chi connectivity index (χ4v) is 4.07. The minimum Gasteiger partial charge on any atom is -0.504 e. The molecule has 0 saturated heterocycles. The van der Waals surface area contributed by atoms with E-state index in [1.54, 1.807) is 12.3 Å². The molecule has 1 fully saturated rings. The molecule has 4 N–H and O–H groups in total. The van der Waals surface area contributed by atoms with E-state index in [0.717, 1.165) is 29.5 Å². The van der Waals surface area contributed by atoms with Crippen LogP contribution in [0.4, 0.5) is 15.8 Å². The summed E-state index contributed by atoms with van der Waals surface area (Å²) in [6, 6.07) is 15.9. The number of nitrogens with one attached hydrogen (secondary N) is 1. The number of nitrogens with zero attached hydrogens (tertiary/aromatic N) is 1. The Balaban J connectivity index is 0.00000274. The maximum atomic E-state index is 14.1. The summed E-state index contributed by atoms with van der Waals surface area (Å²) in [5.41, 5.74) is 10.6. The van der Waals surface area contributed by atoms with Gasteiger partial charge in [0, 0.05) is 29.7 Å². The Hall–Kier alpha value is -3.19. The zero-order valence-corrected chi connectivity index (χ0v) is 19.6. The highest BCUT2D eigenvalue weighted by molar-refractivity contribution is 6.32. The highest BCUT2D eigenvalue weighted by Crippen LogP contribution is 2.39. The van der Waals surface area contributed by atoms with Gasteiger partial charge in [0.05, 0.1) is 21.8 Å². The van der Waals surface area contributed by atoms with Crippen molar-refractivity contribution in [2.24, 2.45) is 11.7 Å². The number of phenols is 1. The minimum atomic E-state index is -0.799. The SMILES string of the molecule is Cl.NCc1ccc(Nc2c(C(=O)C3CC3)cnc3ccc(-c4cc(F)c(O)c(Cl)c4)cc23)cc1. The average molecular weight is 498 g/mol. The van der Waals surface area contributed by atoms with Gasteiger partial charge in [-0.3, -0.25) is 9.78 Å². The summed E-state index contributed by atoms with van der Waals surface area (Å²) in [6.45, 7) is 0.443. The normalized spacial score (nSPS) is 12.9. The van der Waals surface area contributed by atoms with E-state index in [1.165, 1.54) is 12.1 Å². The van der Waals surface area contributed by atoms with E-state index in [1.807, 2.05) is 36.4 Å². The summed E-state index contributed by atoms with van der Waals surface area (Å²) in [7, 11) is 0. The Morgan fingerprint density at radius 2 is 1.85 bits per heavy atom. The van der Waals surface area contributed by atoms with Crippen molar-refractivity contribution in [3.05, 3.63) is 82.8 Å². The number of nitrogens with two attached hydrogens (primary N) is 1. The van der Waals surface area contributed by atoms with Crippen LogP contribution in [-0.2, 0) is 6.54 Å². The van der Waals surface area contributed by atoms with Crippen LogP contribution < -0.4 is 11.1 Å². The molecule has 1 aliphatic rings. The van der Waals surface area contributed by atoms with Crippen molar-refractivity contribution < 1.29 is 14.3 Å². The van der Waals surface area contributed by atoms with Gasteiger partial charge in [-0.1, -0.05) is 29.8 Å². The summed E-state index contributed by atoms with van der Waals surface area (Å²) in [6.07, 6.45) is 3.38. The topological polar surface area (TPSA) is 88.2 Å². The smallest absolute Gasteiger partial charge is 0.170 e. The van der Waals surface area contributed by atoms with Crippen molar-refractivity contribution in [2.75, 3.05) is 5.32 Å².